The van der Waals surface area contributed by atoms with Gasteiger partial charge in [-0.3, -0.25) is 4.79 Å². The lowest BCUT2D eigenvalue weighted by Gasteiger charge is -2.04. The largest absolute Gasteiger partial charge is 0.345 e. The van der Waals surface area contributed by atoms with Crippen molar-refractivity contribution in [2.45, 2.75) is 6.54 Å². The van der Waals surface area contributed by atoms with Crippen molar-refractivity contribution in [1.29, 1.82) is 0 Å². The number of hydrogen-bond donors (Lipinski definition) is 2. The van der Waals surface area contributed by atoms with Crippen LogP contribution < -0.4 is 5.32 Å². The Bertz CT molecular complexity index is 528. The molecule has 17 heavy (non-hydrogen) atoms. The lowest BCUT2D eigenvalue weighted by Crippen LogP contribution is -2.23. The van der Waals surface area contributed by atoms with E-state index in [1.165, 1.54) is 6.07 Å². The molecule has 0 spiro atoms. The van der Waals surface area contributed by atoms with Crippen molar-refractivity contribution < 1.29 is 4.79 Å². The molecule has 1 aromatic heterocycles. The molecule has 0 unspecified atom stereocenters. The maximum Gasteiger partial charge on any atom is 0.253 e. The van der Waals surface area contributed by atoms with Crippen molar-refractivity contribution in [3.63, 3.8) is 0 Å². The molecule has 0 saturated carbocycles. The minimum absolute atomic E-state index is 0.165. The fraction of sp³-hybridized carbons (Fsp3) is 0.111. The molecule has 0 saturated heterocycles. The molecule has 0 aliphatic carbocycles. The first-order chi connectivity index (χ1) is 8.16. The fourth-order valence-corrected chi connectivity index (χ4v) is 1.56. The van der Waals surface area contributed by atoms with Crippen LogP contribution in [0.3, 0.4) is 0 Å². The monoisotopic (exact) mass is 271 g/mol. The number of carbonyl (C=O) groups is 1. The van der Waals surface area contributed by atoms with Crippen LogP contribution in [0.5, 0.6) is 0 Å². The van der Waals surface area contributed by atoms with Crippen molar-refractivity contribution in [2.75, 3.05) is 0 Å². The zero-order chi connectivity index (χ0) is 12.3. The molecule has 1 heterocycles. The van der Waals surface area contributed by atoms with Crippen molar-refractivity contribution >= 4 is 29.1 Å². The third kappa shape index (κ3) is 2.92. The van der Waals surface area contributed by atoms with Crippen LogP contribution >= 0.6 is 23.2 Å². The van der Waals surface area contributed by atoms with Gasteiger partial charge in [0.2, 0.25) is 0 Å². The van der Waals surface area contributed by atoms with Crippen molar-refractivity contribution in [3.8, 4) is 0 Å². The van der Waals surface area contributed by atoms with Gasteiger partial charge in [0.15, 0.2) is 5.82 Å². The van der Waals surface area contributed by atoms with E-state index in [1.807, 2.05) is 0 Å². The van der Waals surface area contributed by atoms with E-state index < -0.39 is 0 Å². The van der Waals surface area contributed by atoms with Gasteiger partial charge in [0.25, 0.3) is 5.91 Å². The summed E-state index contributed by atoms with van der Waals surface area (Å²) in [4.78, 5) is 11.8. The third-order valence-corrected chi connectivity index (χ3v) is 2.53. The standard InChI is InChI=1S/C9H7Cl2N5O/c10-5-1-2-7(11)6(3-5)9(17)12-4-8-13-15-16-14-8/h1-3H,4H2,(H,12,17)(H,13,14,15,16). The number of aromatic amines is 1. The molecule has 2 aromatic rings. The summed E-state index contributed by atoms with van der Waals surface area (Å²) in [5.74, 6) is 0.0406. The first-order valence-electron chi connectivity index (χ1n) is 4.62. The number of hydrogen-bond acceptors (Lipinski definition) is 4. The normalized spacial score (nSPS) is 10.2. The number of nitrogens with zero attached hydrogens (tertiary/aromatic N) is 3. The minimum Gasteiger partial charge on any atom is -0.345 e. The number of nitrogens with one attached hydrogen (secondary N) is 2. The van der Waals surface area contributed by atoms with Gasteiger partial charge in [0, 0.05) is 5.02 Å². The molecule has 8 heteroatoms. The lowest BCUT2D eigenvalue weighted by atomic mass is 10.2. The van der Waals surface area contributed by atoms with Crippen LogP contribution in [-0.2, 0) is 6.54 Å². The quantitative estimate of drug-likeness (QED) is 0.885. The molecular weight excluding hydrogens is 265 g/mol. The Balaban J connectivity index is 2.07. The molecular formula is C9H7Cl2N5O. The molecule has 0 fully saturated rings. The number of carbonyl (C=O) groups excluding carboxylic acids is 1. The van der Waals surface area contributed by atoms with Gasteiger partial charge in [-0.05, 0) is 18.2 Å². The zero-order valence-corrected chi connectivity index (χ0v) is 9.96. The van der Waals surface area contributed by atoms with Crippen LogP contribution in [0.15, 0.2) is 18.2 Å². The summed E-state index contributed by atoms with van der Waals surface area (Å²) in [7, 11) is 0. The summed E-state index contributed by atoms with van der Waals surface area (Å²) < 4.78 is 0. The average Bonchev–Trinajstić information content (AvgIpc) is 2.82. The van der Waals surface area contributed by atoms with Gasteiger partial charge in [-0.2, -0.15) is 5.21 Å². The predicted octanol–water partition coefficient (Wildman–Crippen LogP) is 1.44. The van der Waals surface area contributed by atoms with E-state index in [0.717, 1.165) is 0 Å². The summed E-state index contributed by atoms with van der Waals surface area (Å²) in [5.41, 5.74) is 0.308. The maximum atomic E-state index is 11.8. The Morgan fingerprint density at radius 1 is 1.41 bits per heavy atom. The molecule has 6 nitrogen and oxygen atoms in total. The molecule has 0 aliphatic rings. The number of rotatable bonds is 3. The van der Waals surface area contributed by atoms with Gasteiger partial charge in [-0.1, -0.05) is 28.4 Å². The van der Waals surface area contributed by atoms with Crippen molar-refractivity contribution in [3.05, 3.63) is 39.6 Å². The van der Waals surface area contributed by atoms with E-state index in [2.05, 4.69) is 25.9 Å². The summed E-state index contributed by atoms with van der Waals surface area (Å²) in [5, 5.41) is 16.4. The molecule has 0 radical (unpaired) electrons. The second kappa shape index (κ2) is 5.11. The molecule has 0 bridgehead atoms. The average molecular weight is 272 g/mol. The molecule has 1 amide bonds. The Morgan fingerprint density at radius 2 is 2.24 bits per heavy atom. The second-order valence-electron chi connectivity index (χ2n) is 3.13. The van der Waals surface area contributed by atoms with Gasteiger partial charge in [-0.25, -0.2) is 0 Å². The lowest BCUT2D eigenvalue weighted by molar-refractivity contribution is 0.0950. The van der Waals surface area contributed by atoms with Crippen LogP contribution in [0.2, 0.25) is 10.0 Å². The fourth-order valence-electron chi connectivity index (χ4n) is 1.18. The SMILES string of the molecule is O=C(NCc1nn[nH]n1)c1cc(Cl)ccc1Cl. The van der Waals surface area contributed by atoms with Crippen molar-refractivity contribution in [2.24, 2.45) is 0 Å². The second-order valence-corrected chi connectivity index (χ2v) is 3.98. The van der Waals surface area contributed by atoms with Crippen LogP contribution in [0.4, 0.5) is 0 Å². The highest BCUT2D eigenvalue weighted by Crippen LogP contribution is 2.20. The predicted molar refractivity (Wildman–Crippen MR) is 61.8 cm³/mol. The van der Waals surface area contributed by atoms with Gasteiger partial charge in [0.05, 0.1) is 17.1 Å². The Hall–Kier alpha value is -1.66. The summed E-state index contributed by atoms with van der Waals surface area (Å²) in [6.07, 6.45) is 0. The number of aromatic nitrogens is 4. The van der Waals surface area contributed by atoms with Crippen LogP contribution in [-0.4, -0.2) is 26.5 Å². The first kappa shape index (κ1) is 11.8. The maximum absolute atomic E-state index is 11.8. The van der Waals surface area contributed by atoms with Crippen molar-refractivity contribution in [1.82, 2.24) is 25.9 Å². The van der Waals surface area contributed by atoms with Crippen LogP contribution in [0.1, 0.15) is 16.2 Å². The summed E-state index contributed by atoms with van der Waals surface area (Å²) >= 11 is 11.7. The van der Waals surface area contributed by atoms with Gasteiger partial charge in [0.1, 0.15) is 0 Å². The highest BCUT2D eigenvalue weighted by molar-refractivity contribution is 6.35. The van der Waals surface area contributed by atoms with E-state index >= 15 is 0 Å². The molecule has 2 N–H and O–H groups in total. The number of tetrazole rings is 1. The molecule has 88 valence electrons. The Kier molecular flexibility index (Phi) is 3.55. The number of H-pyrrole nitrogens is 1. The highest BCUT2D eigenvalue weighted by Gasteiger charge is 2.11. The van der Waals surface area contributed by atoms with Crippen LogP contribution in [0.25, 0.3) is 0 Å². The van der Waals surface area contributed by atoms with Gasteiger partial charge < -0.3 is 5.32 Å². The molecule has 0 aliphatic heterocycles. The third-order valence-electron chi connectivity index (χ3n) is 1.97. The first-order valence-corrected chi connectivity index (χ1v) is 5.38. The topological polar surface area (TPSA) is 83.6 Å². The molecule has 0 atom stereocenters. The molecule has 1 aromatic carbocycles. The summed E-state index contributed by atoms with van der Waals surface area (Å²) in [6.45, 7) is 0.165. The van der Waals surface area contributed by atoms with E-state index in [0.29, 0.717) is 21.4 Å². The van der Waals surface area contributed by atoms with E-state index in [9.17, 15) is 4.79 Å². The highest BCUT2D eigenvalue weighted by atomic mass is 35.5. The van der Waals surface area contributed by atoms with E-state index in [-0.39, 0.29) is 12.5 Å². The number of amides is 1. The molecule has 2 rings (SSSR count). The Morgan fingerprint density at radius 3 is 2.94 bits per heavy atom. The van der Waals surface area contributed by atoms with Gasteiger partial charge >= 0.3 is 0 Å². The number of benzene rings is 1. The van der Waals surface area contributed by atoms with E-state index in [1.54, 1.807) is 12.1 Å². The minimum atomic E-state index is -0.345. The summed E-state index contributed by atoms with van der Waals surface area (Å²) in [6, 6.07) is 4.67. The van der Waals surface area contributed by atoms with Gasteiger partial charge in [-0.15, -0.1) is 10.2 Å². The smallest absolute Gasteiger partial charge is 0.253 e. The van der Waals surface area contributed by atoms with E-state index in [4.69, 9.17) is 23.2 Å². The van der Waals surface area contributed by atoms with Crippen LogP contribution in [0, 0.1) is 0 Å². The Labute approximate surface area is 106 Å². The number of halogens is 2. The zero-order valence-electron chi connectivity index (χ0n) is 8.44.